The second-order valence-corrected chi connectivity index (χ2v) is 4.35. The van der Waals surface area contributed by atoms with Crippen molar-refractivity contribution >= 4 is 5.84 Å². The Morgan fingerprint density at radius 2 is 2.14 bits per heavy atom. The molecule has 14 heavy (non-hydrogen) atoms. The van der Waals surface area contributed by atoms with E-state index in [0.29, 0.717) is 12.3 Å². The molecule has 1 unspecified atom stereocenters. The molecular formula is C10H16F2N2. The summed E-state index contributed by atoms with van der Waals surface area (Å²) in [6.07, 6.45) is 3.36. The van der Waals surface area contributed by atoms with Gasteiger partial charge in [-0.3, -0.25) is 5.41 Å². The Labute approximate surface area is 82.8 Å². The lowest BCUT2D eigenvalue weighted by Crippen LogP contribution is -2.42. The third kappa shape index (κ3) is 1.88. The second kappa shape index (κ2) is 3.48. The largest absolute Gasteiger partial charge is 0.357 e. The molecule has 0 aromatic rings. The maximum absolute atomic E-state index is 13.0. The molecule has 1 aliphatic carbocycles. The third-order valence-electron chi connectivity index (χ3n) is 3.23. The van der Waals surface area contributed by atoms with E-state index < -0.39 is 5.92 Å². The topological polar surface area (TPSA) is 27.1 Å². The van der Waals surface area contributed by atoms with Gasteiger partial charge in [0.1, 0.15) is 0 Å². The average molecular weight is 202 g/mol. The van der Waals surface area contributed by atoms with Crippen LogP contribution in [0, 0.1) is 5.41 Å². The van der Waals surface area contributed by atoms with Gasteiger partial charge in [-0.15, -0.1) is 0 Å². The molecule has 4 heteroatoms. The number of likely N-dealkylation sites (tertiary alicyclic amines) is 1. The SMILES string of the molecule is N=C1CCCCN1C1CCC(F)(F)C1. The molecule has 0 aromatic carbocycles. The molecule has 80 valence electrons. The van der Waals surface area contributed by atoms with Gasteiger partial charge in [-0.25, -0.2) is 8.78 Å². The van der Waals surface area contributed by atoms with Crippen molar-refractivity contribution in [1.82, 2.24) is 4.90 Å². The van der Waals surface area contributed by atoms with Gasteiger partial charge in [0.2, 0.25) is 5.92 Å². The van der Waals surface area contributed by atoms with Crippen LogP contribution in [-0.2, 0) is 0 Å². The summed E-state index contributed by atoms with van der Waals surface area (Å²) in [4.78, 5) is 1.89. The summed E-state index contributed by atoms with van der Waals surface area (Å²) in [6.45, 7) is 0.805. The van der Waals surface area contributed by atoms with Crippen molar-refractivity contribution in [1.29, 1.82) is 5.41 Å². The molecular weight excluding hydrogens is 186 g/mol. The Morgan fingerprint density at radius 1 is 1.36 bits per heavy atom. The lowest BCUT2D eigenvalue weighted by molar-refractivity contribution is 0.00355. The molecule has 0 radical (unpaired) electrons. The smallest absolute Gasteiger partial charge is 0.250 e. The number of hydrogen-bond donors (Lipinski definition) is 1. The molecule has 1 saturated heterocycles. The van der Waals surface area contributed by atoms with Gasteiger partial charge in [-0.2, -0.15) is 0 Å². The zero-order valence-electron chi connectivity index (χ0n) is 8.23. The van der Waals surface area contributed by atoms with E-state index in [9.17, 15) is 8.78 Å². The highest BCUT2D eigenvalue weighted by Gasteiger charge is 2.42. The molecule has 2 fully saturated rings. The van der Waals surface area contributed by atoms with Crippen LogP contribution in [0.25, 0.3) is 0 Å². The van der Waals surface area contributed by atoms with Crippen molar-refractivity contribution in [2.24, 2.45) is 0 Å². The molecule has 0 bridgehead atoms. The van der Waals surface area contributed by atoms with Crippen LogP contribution in [0.2, 0.25) is 0 Å². The summed E-state index contributed by atoms with van der Waals surface area (Å²) < 4.78 is 26.0. The van der Waals surface area contributed by atoms with Gasteiger partial charge in [0.15, 0.2) is 0 Å². The summed E-state index contributed by atoms with van der Waals surface area (Å²) in [5, 5.41) is 7.72. The normalized spacial score (nSPS) is 32.3. The van der Waals surface area contributed by atoms with Gasteiger partial charge in [-0.1, -0.05) is 0 Å². The fourth-order valence-corrected chi connectivity index (χ4v) is 2.45. The number of alkyl halides is 2. The summed E-state index contributed by atoms with van der Waals surface area (Å²) in [6, 6.07) is -0.0715. The zero-order chi connectivity index (χ0) is 10.2. The van der Waals surface area contributed by atoms with Crippen molar-refractivity contribution < 1.29 is 8.78 Å². The summed E-state index contributed by atoms with van der Waals surface area (Å²) in [7, 11) is 0. The molecule has 2 nitrogen and oxygen atoms in total. The van der Waals surface area contributed by atoms with Gasteiger partial charge in [0.05, 0.1) is 5.84 Å². The number of rotatable bonds is 1. The Bertz CT molecular complexity index is 240. The van der Waals surface area contributed by atoms with Crippen molar-refractivity contribution in [2.45, 2.75) is 50.5 Å². The quantitative estimate of drug-likeness (QED) is 0.695. The van der Waals surface area contributed by atoms with E-state index in [1.165, 1.54) is 0 Å². The maximum atomic E-state index is 13.0. The fraction of sp³-hybridized carbons (Fsp3) is 0.900. The highest BCUT2D eigenvalue weighted by molar-refractivity contribution is 5.80. The first-order valence-corrected chi connectivity index (χ1v) is 5.30. The van der Waals surface area contributed by atoms with Crippen LogP contribution in [0.4, 0.5) is 8.78 Å². The predicted molar refractivity (Wildman–Crippen MR) is 50.9 cm³/mol. The standard InChI is InChI=1S/C10H16F2N2/c11-10(12)5-4-8(7-10)14-6-2-1-3-9(14)13/h8,13H,1-7H2. The minimum atomic E-state index is -2.48. The van der Waals surface area contributed by atoms with E-state index in [0.717, 1.165) is 25.8 Å². The van der Waals surface area contributed by atoms with Crippen LogP contribution < -0.4 is 0 Å². The van der Waals surface area contributed by atoms with Gasteiger partial charge in [0.25, 0.3) is 0 Å². The Morgan fingerprint density at radius 3 is 2.71 bits per heavy atom. The molecule has 2 aliphatic rings. The van der Waals surface area contributed by atoms with E-state index in [1.807, 2.05) is 4.90 Å². The van der Waals surface area contributed by atoms with E-state index in [1.54, 1.807) is 0 Å². The van der Waals surface area contributed by atoms with Crippen molar-refractivity contribution in [3.63, 3.8) is 0 Å². The molecule has 2 rings (SSSR count). The first-order valence-electron chi connectivity index (χ1n) is 5.30. The number of nitrogens with one attached hydrogen (secondary N) is 1. The molecule has 0 aromatic heterocycles. The van der Waals surface area contributed by atoms with Crippen LogP contribution in [0.5, 0.6) is 0 Å². The van der Waals surface area contributed by atoms with Crippen molar-refractivity contribution in [3.8, 4) is 0 Å². The number of nitrogens with zero attached hydrogens (tertiary/aromatic N) is 1. The Balaban J connectivity index is 1.98. The van der Waals surface area contributed by atoms with Crippen molar-refractivity contribution in [3.05, 3.63) is 0 Å². The first kappa shape index (κ1) is 9.87. The molecule has 1 heterocycles. The van der Waals surface area contributed by atoms with Gasteiger partial charge in [0, 0.05) is 31.8 Å². The number of amidine groups is 1. The highest BCUT2D eigenvalue weighted by Crippen LogP contribution is 2.38. The molecule has 0 spiro atoms. The van der Waals surface area contributed by atoms with Crippen LogP contribution in [0.3, 0.4) is 0 Å². The van der Waals surface area contributed by atoms with Crippen LogP contribution in [-0.4, -0.2) is 29.2 Å². The van der Waals surface area contributed by atoms with Gasteiger partial charge < -0.3 is 4.90 Å². The molecule has 1 N–H and O–H groups in total. The number of hydrogen-bond acceptors (Lipinski definition) is 1. The number of halogens is 2. The molecule has 1 atom stereocenters. The summed E-state index contributed by atoms with van der Waals surface area (Å²) >= 11 is 0. The van der Waals surface area contributed by atoms with Crippen molar-refractivity contribution in [2.75, 3.05) is 6.54 Å². The number of piperidine rings is 1. The zero-order valence-corrected chi connectivity index (χ0v) is 8.23. The molecule has 1 saturated carbocycles. The first-order chi connectivity index (χ1) is 6.58. The third-order valence-corrected chi connectivity index (χ3v) is 3.23. The molecule has 0 amide bonds. The minimum absolute atomic E-state index is 0.00144. The average Bonchev–Trinajstić information content (AvgIpc) is 2.47. The van der Waals surface area contributed by atoms with Gasteiger partial charge >= 0.3 is 0 Å². The van der Waals surface area contributed by atoms with E-state index >= 15 is 0 Å². The van der Waals surface area contributed by atoms with E-state index in [4.69, 9.17) is 5.41 Å². The predicted octanol–water partition coefficient (Wildman–Crippen LogP) is 2.64. The van der Waals surface area contributed by atoms with Crippen LogP contribution >= 0.6 is 0 Å². The second-order valence-electron chi connectivity index (χ2n) is 4.35. The Hall–Kier alpha value is -0.670. The Kier molecular flexibility index (Phi) is 2.45. The highest BCUT2D eigenvalue weighted by atomic mass is 19.3. The molecule has 1 aliphatic heterocycles. The van der Waals surface area contributed by atoms with Crippen LogP contribution in [0.15, 0.2) is 0 Å². The monoisotopic (exact) mass is 202 g/mol. The van der Waals surface area contributed by atoms with E-state index in [2.05, 4.69) is 0 Å². The summed E-state index contributed by atoms with van der Waals surface area (Å²) in [5.74, 6) is -1.92. The van der Waals surface area contributed by atoms with E-state index in [-0.39, 0.29) is 18.9 Å². The lowest BCUT2D eigenvalue weighted by atomic mass is 10.1. The maximum Gasteiger partial charge on any atom is 0.250 e. The summed E-state index contributed by atoms with van der Waals surface area (Å²) in [5.41, 5.74) is 0. The van der Waals surface area contributed by atoms with Gasteiger partial charge in [-0.05, 0) is 19.3 Å². The lowest BCUT2D eigenvalue weighted by Gasteiger charge is -2.34. The van der Waals surface area contributed by atoms with Crippen LogP contribution in [0.1, 0.15) is 38.5 Å². The minimum Gasteiger partial charge on any atom is -0.357 e. The fourth-order valence-electron chi connectivity index (χ4n) is 2.45.